The van der Waals surface area contributed by atoms with Gasteiger partial charge in [0.15, 0.2) is 5.96 Å². The molecule has 0 amide bonds. The van der Waals surface area contributed by atoms with Crippen molar-refractivity contribution in [1.29, 1.82) is 0 Å². The molecule has 118 valence electrons. The van der Waals surface area contributed by atoms with Crippen molar-refractivity contribution >= 4 is 21.9 Å². The molecule has 0 aliphatic carbocycles. The number of aliphatic imine (C=N–C) groups is 1. The van der Waals surface area contributed by atoms with Crippen molar-refractivity contribution in [3.05, 3.63) is 22.4 Å². The van der Waals surface area contributed by atoms with Gasteiger partial charge in [0.2, 0.25) is 0 Å². The minimum absolute atomic E-state index is 0.213. The normalized spacial score (nSPS) is 22.6. The highest BCUT2D eigenvalue weighted by atomic mass is 79.9. The predicted octanol–water partition coefficient (Wildman–Crippen LogP) is 2.22. The highest BCUT2D eigenvalue weighted by Gasteiger charge is 2.30. The van der Waals surface area contributed by atoms with Gasteiger partial charge in [0.25, 0.3) is 0 Å². The Morgan fingerprint density at radius 2 is 2.38 bits per heavy atom. The van der Waals surface area contributed by atoms with Crippen molar-refractivity contribution in [1.82, 2.24) is 14.8 Å². The molecule has 1 saturated heterocycles. The second-order valence-electron chi connectivity index (χ2n) is 6.13. The second-order valence-corrected chi connectivity index (χ2v) is 7.05. The van der Waals surface area contributed by atoms with Crippen LogP contribution in [0.2, 0.25) is 0 Å². The molecule has 5 nitrogen and oxygen atoms in total. The SMILES string of the molecule is CN=C(NCC1(C)CCOC1)N(C)Cc1cc(Br)cn1C. The molecule has 1 N–H and O–H groups in total. The van der Waals surface area contributed by atoms with E-state index in [4.69, 9.17) is 4.74 Å². The van der Waals surface area contributed by atoms with Gasteiger partial charge >= 0.3 is 0 Å². The van der Waals surface area contributed by atoms with Gasteiger partial charge in [0, 0.05) is 56.1 Å². The number of nitrogens with one attached hydrogen (secondary N) is 1. The Labute approximate surface area is 135 Å². The quantitative estimate of drug-likeness (QED) is 0.664. The zero-order chi connectivity index (χ0) is 15.5. The number of halogens is 1. The van der Waals surface area contributed by atoms with Crippen LogP contribution in [0.5, 0.6) is 0 Å². The second kappa shape index (κ2) is 6.83. The van der Waals surface area contributed by atoms with E-state index >= 15 is 0 Å². The van der Waals surface area contributed by atoms with E-state index in [9.17, 15) is 0 Å². The van der Waals surface area contributed by atoms with Gasteiger partial charge in [0.1, 0.15) is 0 Å². The van der Waals surface area contributed by atoms with Crippen LogP contribution in [-0.2, 0) is 18.3 Å². The molecule has 1 fully saturated rings. The molecule has 1 unspecified atom stereocenters. The molecule has 6 heteroatoms. The van der Waals surface area contributed by atoms with Gasteiger partial charge < -0.3 is 19.5 Å². The average Bonchev–Trinajstić information content (AvgIpc) is 2.97. The lowest BCUT2D eigenvalue weighted by molar-refractivity contribution is 0.160. The summed E-state index contributed by atoms with van der Waals surface area (Å²) in [6.07, 6.45) is 3.17. The van der Waals surface area contributed by atoms with Gasteiger partial charge in [-0.05, 0) is 28.4 Å². The summed E-state index contributed by atoms with van der Waals surface area (Å²) in [5, 5.41) is 3.47. The molecule has 2 rings (SSSR count). The Morgan fingerprint density at radius 1 is 1.62 bits per heavy atom. The molecule has 1 atom stereocenters. The minimum Gasteiger partial charge on any atom is -0.381 e. The predicted molar refractivity (Wildman–Crippen MR) is 89.5 cm³/mol. The van der Waals surface area contributed by atoms with E-state index in [0.717, 1.165) is 43.2 Å². The molecule has 0 saturated carbocycles. The van der Waals surface area contributed by atoms with Crippen molar-refractivity contribution in [3.8, 4) is 0 Å². The monoisotopic (exact) mass is 356 g/mol. The first-order chi connectivity index (χ1) is 9.93. The molecule has 0 bridgehead atoms. The van der Waals surface area contributed by atoms with E-state index in [1.54, 1.807) is 0 Å². The third kappa shape index (κ3) is 4.23. The summed E-state index contributed by atoms with van der Waals surface area (Å²) in [5.41, 5.74) is 1.45. The van der Waals surface area contributed by atoms with E-state index in [-0.39, 0.29) is 5.41 Å². The zero-order valence-electron chi connectivity index (χ0n) is 13.3. The third-order valence-electron chi connectivity index (χ3n) is 4.02. The highest BCUT2D eigenvalue weighted by Crippen LogP contribution is 2.26. The molecule has 1 aliphatic rings. The molecular formula is C15H25BrN4O. The topological polar surface area (TPSA) is 41.8 Å². The van der Waals surface area contributed by atoms with Crippen molar-refractivity contribution in [2.24, 2.45) is 17.5 Å². The van der Waals surface area contributed by atoms with E-state index < -0.39 is 0 Å². The van der Waals surface area contributed by atoms with E-state index in [1.165, 1.54) is 5.69 Å². The van der Waals surface area contributed by atoms with Crippen LogP contribution in [0.25, 0.3) is 0 Å². The van der Waals surface area contributed by atoms with Crippen LogP contribution in [0.1, 0.15) is 19.0 Å². The average molecular weight is 357 g/mol. The maximum atomic E-state index is 5.50. The number of nitrogens with zero attached hydrogens (tertiary/aromatic N) is 3. The molecular weight excluding hydrogens is 332 g/mol. The van der Waals surface area contributed by atoms with Crippen LogP contribution in [0.15, 0.2) is 21.7 Å². The Balaban J connectivity index is 1.92. The fourth-order valence-electron chi connectivity index (χ4n) is 2.57. The van der Waals surface area contributed by atoms with Crippen LogP contribution >= 0.6 is 15.9 Å². The largest absolute Gasteiger partial charge is 0.381 e. The first kappa shape index (κ1) is 16.4. The lowest BCUT2D eigenvalue weighted by atomic mass is 9.90. The number of hydrogen-bond donors (Lipinski definition) is 1. The zero-order valence-corrected chi connectivity index (χ0v) is 14.9. The van der Waals surface area contributed by atoms with Crippen LogP contribution in [0.3, 0.4) is 0 Å². The molecule has 1 aliphatic heterocycles. The van der Waals surface area contributed by atoms with Crippen LogP contribution < -0.4 is 5.32 Å². The standard InChI is InChI=1S/C15H25BrN4O/c1-15(5-6-21-11-15)10-18-14(17-2)20(4)9-13-7-12(16)8-19(13)3/h7-8H,5-6,9-11H2,1-4H3,(H,17,18). The lowest BCUT2D eigenvalue weighted by Gasteiger charge is -2.27. The maximum Gasteiger partial charge on any atom is 0.193 e. The summed E-state index contributed by atoms with van der Waals surface area (Å²) >= 11 is 3.51. The summed E-state index contributed by atoms with van der Waals surface area (Å²) in [6.45, 7) is 5.65. The summed E-state index contributed by atoms with van der Waals surface area (Å²) < 4.78 is 8.73. The van der Waals surface area contributed by atoms with Gasteiger partial charge in [-0.15, -0.1) is 0 Å². The molecule has 0 spiro atoms. The van der Waals surface area contributed by atoms with Gasteiger partial charge in [-0.1, -0.05) is 6.92 Å². The van der Waals surface area contributed by atoms with Crippen LogP contribution in [0.4, 0.5) is 0 Å². The lowest BCUT2D eigenvalue weighted by Crippen LogP contribution is -2.43. The maximum absolute atomic E-state index is 5.50. The van der Waals surface area contributed by atoms with E-state index in [2.05, 4.69) is 69.0 Å². The number of aryl methyl sites for hydroxylation is 1. The Kier molecular flexibility index (Phi) is 5.32. The molecule has 0 aromatic carbocycles. The Hall–Kier alpha value is -1.01. The fraction of sp³-hybridized carbons (Fsp3) is 0.667. The van der Waals surface area contributed by atoms with Crippen molar-refractivity contribution in [3.63, 3.8) is 0 Å². The number of hydrogen-bond acceptors (Lipinski definition) is 2. The van der Waals surface area contributed by atoms with E-state index in [0.29, 0.717) is 0 Å². The molecule has 1 aromatic heterocycles. The smallest absolute Gasteiger partial charge is 0.193 e. The van der Waals surface area contributed by atoms with Crippen LogP contribution in [-0.4, -0.2) is 49.3 Å². The summed E-state index contributed by atoms with van der Waals surface area (Å²) in [4.78, 5) is 6.52. The van der Waals surface area contributed by atoms with Crippen LogP contribution in [0, 0.1) is 5.41 Å². The van der Waals surface area contributed by atoms with Crippen molar-refractivity contribution in [2.45, 2.75) is 19.9 Å². The van der Waals surface area contributed by atoms with Gasteiger partial charge in [-0.3, -0.25) is 4.99 Å². The number of guanidine groups is 1. The summed E-state index contributed by atoms with van der Waals surface area (Å²) in [7, 11) is 5.94. The van der Waals surface area contributed by atoms with Gasteiger partial charge in [-0.25, -0.2) is 0 Å². The fourth-order valence-corrected chi connectivity index (χ4v) is 3.14. The first-order valence-electron chi connectivity index (χ1n) is 7.24. The molecule has 2 heterocycles. The Morgan fingerprint density at radius 3 is 2.90 bits per heavy atom. The number of ether oxygens (including phenoxy) is 1. The number of aromatic nitrogens is 1. The van der Waals surface area contributed by atoms with Gasteiger partial charge in [-0.2, -0.15) is 0 Å². The summed E-state index contributed by atoms with van der Waals surface area (Å²) in [6, 6.07) is 2.13. The van der Waals surface area contributed by atoms with Gasteiger partial charge in [0.05, 0.1) is 13.2 Å². The molecule has 21 heavy (non-hydrogen) atoms. The first-order valence-corrected chi connectivity index (χ1v) is 8.03. The highest BCUT2D eigenvalue weighted by molar-refractivity contribution is 9.10. The van der Waals surface area contributed by atoms with Crippen molar-refractivity contribution in [2.75, 3.05) is 33.9 Å². The minimum atomic E-state index is 0.213. The third-order valence-corrected chi connectivity index (χ3v) is 4.45. The molecule has 1 aromatic rings. The van der Waals surface area contributed by atoms with E-state index in [1.807, 2.05) is 7.05 Å². The van der Waals surface area contributed by atoms with Crippen molar-refractivity contribution < 1.29 is 4.74 Å². The molecule has 0 radical (unpaired) electrons. The number of rotatable bonds is 4. The summed E-state index contributed by atoms with van der Waals surface area (Å²) in [5.74, 6) is 0.917. The Bertz CT molecular complexity index is 506.